The number of halogens is 4. The molecule has 0 aromatic heterocycles. The van der Waals surface area contributed by atoms with Gasteiger partial charge in [0.1, 0.15) is 12.3 Å². The maximum atomic E-state index is 14.3. The van der Waals surface area contributed by atoms with E-state index >= 15 is 0 Å². The quantitative estimate of drug-likeness (QED) is 0.427. The number of ether oxygens (including phenoxy) is 1. The summed E-state index contributed by atoms with van der Waals surface area (Å²) in [6, 6.07) is 1.42. The second-order valence-electron chi connectivity index (χ2n) is 5.05. The van der Waals surface area contributed by atoms with E-state index in [9.17, 15) is 9.50 Å². The van der Waals surface area contributed by atoms with Gasteiger partial charge in [-0.3, -0.25) is 4.99 Å². The van der Waals surface area contributed by atoms with Crippen LogP contribution in [0.25, 0.3) is 0 Å². The van der Waals surface area contributed by atoms with Gasteiger partial charge in [-0.05, 0) is 25.3 Å². The molecule has 0 saturated carbocycles. The molecule has 1 aliphatic rings. The van der Waals surface area contributed by atoms with E-state index in [1.807, 2.05) is 0 Å². The van der Waals surface area contributed by atoms with Crippen molar-refractivity contribution in [1.82, 2.24) is 0 Å². The predicted molar refractivity (Wildman–Crippen MR) is 93.4 cm³/mol. The average Bonchev–Trinajstić information content (AvgIpc) is 2.54. The first-order valence-electron chi connectivity index (χ1n) is 7.03. The summed E-state index contributed by atoms with van der Waals surface area (Å²) >= 11 is 14.8. The van der Waals surface area contributed by atoms with Crippen LogP contribution < -0.4 is 5.73 Å². The molecule has 2 rings (SSSR count). The van der Waals surface area contributed by atoms with Crippen molar-refractivity contribution in [2.75, 3.05) is 6.61 Å². The monoisotopic (exact) mass is 424 g/mol. The van der Waals surface area contributed by atoms with Crippen LogP contribution in [0, 0.1) is 5.82 Å². The number of rotatable bonds is 4. The van der Waals surface area contributed by atoms with Crippen LogP contribution in [0.5, 0.6) is 0 Å². The van der Waals surface area contributed by atoms with Gasteiger partial charge in [0.15, 0.2) is 5.82 Å². The molecular weight excluding hydrogens is 410 g/mol. The molecule has 1 fully saturated rings. The number of aliphatic hydroxyl groups excluding tert-OH is 1. The second kappa shape index (κ2) is 8.44. The number of nitrogens with two attached hydrogens (primary N) is 1. The van der Waals surface area contributed by atoms with Crippen molar-refractivity contribution in [3.8, 4) is 0 Å². The Hall–Kier alpha value is -0.660. The number of benzene rings is 1. The van der Waals surface area contributed by atoms with Crippen molar-refractivity contribution >= 4 is 45.3 Å². The number of nitrogens with zero attached hydrogens (tertiary/aromatic N) is 1. The molecule has 2 atom stereocenters. The van der Waals surface area contributed by atoms with Crippen molar-refractivity contribution in [1.29, 1.82) is 0 Å². The fraction of sp³-hybridized carbons (Fsp3) is 0.400. The van der Waals surface area contributed by atoms with Gasteiger partial charge < -0.3 is 15.6 Å². The lowest BCUT2D eigenvalue weighted by molar-refractivity contribution is 0.0226. The Morgan fingerprint density at radius 3 is 2.87 bits per heavy atom. The van der Waals surface area contributed by atoms with E-state index in [4.69, 9.17) is 33.7 Å². The summed E-state index contributed by atoms with van der Waals surface area (Å²) in [5.41, 5.74) is 5.73. The van der Waals surface area contributed by atoms with Crippen LogP contribution in [0.15, 0.2) is 27.3 Å². The highest BCUT2D eigenvalue weighted by atomic mass is 79.9. The summed E-state index contributed by atoms with van der Waals surface area (Å²) in [5, 5.41) is 10.2. The molecule has 1 aromatic carbocycles. The first kappa shape index (κ1) is 18.7. The van der Waals surface area contributed by atoms with Crippen molar-refractivity contribution in [2.45, 2.75) is 31.6 Å². The number of hydrogen-bond donors (Lipinski definition) is 2. The molecule has 0 aliphatic carbocycles. The van der Waals surface area contributed by atoms with E-state index in [0.29, 0.717) is 11.1 Å². The van der Waals surface area contributed by atoms with E-state index < -0.39 is 11.9 Å². The molecule has 23 heavy (non-hydrogen) atoms. The zero-order chi connectivity index (χ0) is 17.0. The van der Waals surface area contributed by atoms with Gasteiger partial charge in [0.2, 0.25) is 0 Å². The smallest absolute Gasteiger partial charge is 0.150 e. The molecule has 1 saturated heterocycles. The molecule has 0 spiro atoms. The highest BCUT2D eigenvalue weighted by Crippen LogP contribution is 2.37. The standard InChI is InChI=1S/C15H16BrCl2FN2O2/c16-9-5-10(17)13(18)14(19)12(9)15(22)8(6-20)7-21-11-3-1-2-4-23-11/h5-7,11,15,22H,1-4,20H2/b8-6+,21-7+. The van der Waals surface area contributed by atoms with E-state index in [0.717, 1.165) is 19.3 Å². The molecule has 3 N–H and O–H groups in total. The Balaban J connectivity index is 2.25. The summed E-state index contributed by atoms with van der Waals surface area (Å²) in [6.07, 6.45) is 3.80. The minimum Gasteiger partial charge on any atom is -0.404 e. The summed E-state index contributed by atoms with van der Waals surface area (Å²) < 4.78 is 20.1. The lowest BCUT2D eigenvalue weighted by Gasteiger charge is -2.20. The van der Waals surface area contributed by atoms with Crippen LogP contribution in [-0.2, 0) is 4.74 Å². The molecule has 4 nitrogen and oxygen atoms in total. The van der Waals surface area contributed by atoms with Crippen molar-refractivity contribution < 1.29 is 14.2 Å². The summed E-state index contributed by atoms with van der Waals surface area (Å²) in [6.45, 7) is 0.652. The Morgan fingerprint density at radius 1 is 1.52 bits per heavy atom. The fourth-order valence-corrected chi connectivity index (χ4v) is 3.31. The number of hydrogen-bond acceptors (Lipinski definition) is 4. The number of aliphatic hydroxyl groups is 1. The normalized spacial score (nSPS) is 20.9. The average molecular weight is 426 g/mol. The lowest BCUT2D eigenvalue weighted by Crippen LogP contribution is -2.17. The highest BCUT2D eigenvalue weighted by molar-refractivity contribution is 9.10. The van der Waals surface area contributed by atoms with E-state index in [-0.39, 0.29) is 27.4 Å². The van der Waals surface area contributed by atoms with Gasteiger partial charge in [-0.2, -0.15) is 0 Å². The predicted octanol–water partition coefficient (Wildman–Crippen LogP) is 4.37. The Morgan fingerprint density at radius 2 is 2.26 bits per heavy atom. The molecule has 1 heterocycles. The molecule has 1 aliphatic heterocycles. The van der Waals surface area contributed by atoms with Crippen LogP contribution in [0.1, 0.15) is 30.9 Å². The third kappa shape index (κ3) is 4.45. The molecule has 8 heteroatoms. The van der Waals surface area contributed by atoms with Crippen LogP contribution in [0.4, 0.5) is 4.39 Å². The van der Waals surface area contributed by atoms with Gasteiger partial charge in [-0.1, -0.05) is 39.1 Å². The third-order valence-corrected chi connectivity index (χ3v) is 4.90. The Labute approximate surface area is 152 Å². The van der Waals surface area contributed by atoms with E-state index in [1.54, 1.807) is 0 Å². The lowest BCUT2D eigenvalue weighted by atomic mass is 10.0. The maximum Gasteiger partial charge on any atom is 0.150 e. The van der Waals surface area contributed by atoms with Crippen LogP contribution >= 0.6 is 39.1 Å². The van der Waals surface area contributed by atoms with Crippen molar-refractivity contribution in [3.63, 3.8) is 0 Å². The number of aliphatic imine (C=N–C) groups is 1. The minimum absolute atomic E-state index is 0.0490. The van der Waals surface area contributed by atoms with Gasteiger partial charge in [0.25, 0.3) is 0 Å². The molecule has 0 amide bonds. The van der Waals surface area contributed by atoms with Crippen LogP contribution in [0.2, 0.25) is 10.0 Å². The zero-order valence-corrected chi connectivity index (χ0v) is 15.2. The second-order valence-corrected chi connectivity index (χ2v) is 6.69. The molecule has 1 aromatic rings. The zero-order valence-electron chi connectivity index (χ0n) is 12.1. The molecule has 126 valence electrons. The van der Waals surface area contributed by atoms with Crippen molar-refractivity contribution in [3.05, 3.63) is 43.7 Å². The van der Waals surface area contributed by atoms with Gasteiger partial charge >= 0.3 is 0 Å². The van der Waals surface area contributed by atoms with Crippen LogP contribution in [-0.4, -0.2) is 24.2 Å². The third-order valence-electron chi connectivity index (χ3n) is 3.48. The van der Waals surface area contributed by atoms with Gasteiger partial charge in [-0.15, -0.1) is 0 Å². The summed E-state index contributed by atoms with van der Waals surface area (Å²) in [7, 11) is 0. The topological polar surface area (TPSA) is 67.8 Å². The fourth-order valence-electron chi connectivity index (χ4n) is 2.21. The summed E-state index contributed by atoms with van der Waals surface area (Å²) in [5.74, 6) is -0.805. The first-order valence-corrected chi connectivity index (χ1v) is 8.58. The van der Waals surface area contributed by atoms with Crippen molar-refractivity contribution in [2.24, 2.45) is 10.7 Å². The Bertz CT molecular complexity index is 634. The maximum absolute atomic E-state index is 14.3. The van der Waals surface area contributed by atoms with Gasteiger partial charge in [-0.25, -0.2) is 4.39 Å². The minimum atomic E-state index is -1.34. The first-order chi connectivity index (χ1) is 11.0. The molecular formula is C15H16BrCl2FN2O2. The largest absolute Gasteiger partial charge is 0.404 e. The van der Waals surface area contributed by atoms with Crippen LogP contribution in [0.3, 0.4) is 0 Å². The molecule has 2 unspecified atom stereocenters. The highest BCUT2D eigenvalue weighted by Gasteiger charge is 2.24. The van der Waals surface area contributed by atoms with E-state index in [1.165, 1.54) is 18.5 Å². The van der Waals surface area contributed by atoms with E-state index in [2.05, 4.69) is 20.9 Å². The SMILES string of the molecule is N/C=C(\C=N\C1CCCCO1)C(O)c1c(Br)cc(Cl)c(Cl)c1F. The molecule has 0 bridgehead atoms. The van der Waals surface area contributed by atoms with Gasteiger partial charge in [0.05, 0.1) is 10.0 Å². The summed E-state index contributed by atoms with van der Waals surface area (Å²) in [4.78, 5) is 4.25. The Kier molecular flexibility index (Phi) is 6.85. The van der Waals surface area contributed by atoms with Gasteiger partial charge in [0, 0.05) is 34.6 Å². The molecule has 0 radical (unpaired) electrons.